The minimum absolute atomic E-state index is 0.0114. The monoisotopic (exact) mass is 299 g/mol. The van der Waals surface area contributed by atoms with Gasteiger partial charge in [-0.05, 0) is 32.6 Å². The van der Waals surface area contributed by atoms with Crippen LogP contribution >= 0.6 is 0 Å². The predicted molar refractivity (Wildman–Crippen MR) is 87.4 cm³/mol. The maximum absolute atomic E-state index is 14.8. The van der Waals surface area contributed by atoms with Crippen LogP contribution in [0.4, 0.5) is 4.39 Å². The minimum atomic E-state index is -0.705. The molecule has 2 heterocycles. The van der Waals surface area contributed by atoms with Crippen LogP contribution in [0.2, 0.25) is 0 Å². The van der Waals surface area contributed by atoms with Crippen LogP contribution in [0.5, 0.6) is 0 Å². The van der Waals surface area contributed by atoms with Crippen molar-refractivity contribution < 1.29 is 4.39 Å². The number of hydrogen-bond donors (Lipinski definition) is 1. The molecule has 4 heteroatoms. The Bertz CT molecular complexity index is 339. The maximum atomic E-state index is 14.8. The third-order valence-corrected chi connectivity index (χ3v) is 4.99. The Morgan fingerprint density at radius 3 is 2.10 bits per heavy atom. The van der Waals surface area contributed by atoms with E-state index in [4.69, 9.17) is 0 Å². The van der Waals surface area contributed by atoms with Gasteiger partial charge in [0.25, 0.3) is 0 Å². The lowest BCUT2D eigenvalue weighted by atomic mass is 9.83. The highest BCUT2D eigenvalue weighted by molar-refractivity contribution is 5.04. The van der Waals surface area contributed by atoms with E-state index in [2.05, 4.69) is 56.7 Å². The summed E-state index contributed by atoms with van der Waals surface area (Å²) in [6.45, 7) is 18.4. The number of alkyl halides is 1. The van der Waals surface area contributed by atoms with Crippen LogP contribution in [0, 0.1) is 5.41 Å². The molecule has 124 valence electrons. The van der Waals surface area contributed by atoms with Gasteiger partial charge >= 0.3 is 0 Å². The molecule has 2 fully saturated rings. The van der Waals surface area contributed by atoms with Gasteiger partial charge in [-0.15, -0.1) is 0 Å². The summed E-state index contributed by atoms with van der Waals surface area (Å²) in [6.07, 6.45) is -0.0271. The zero-order chi connectivity index (χ0) is 15.8. The largest absolute Gasteiger partial charge is 0.314 e. The van der Waals surface area contributed by atoms with Gasteiger partial charge in [0.2, 0.25) is 0 Å². The molecular formula is C17H34FN3. The van der Waals surface area contributed by atoms with Crippen molar-refractivity contribution >= 4 is 0 Å². The van der Waals surface area contributed by atoms with Crippen LogP contribution in [0.1, 0.15) is 48.0 Å². The quantitative estimate of drug-likeness (QED) is 0.845. The molecule has 0 aromatic rings. The Hall–Kier alpha value is -0.190. The molecule has 0 bridgehead atoms. The van der Waals surface area contributed by atoms with Crippen molar-refractivity contribution in [3.05, 3.63) is 0 Å². The van der Waals surface area contributed by atoms with E-state index in [0.29, 0.717) is 12.5 Å². The van der Waals surface area contributed by atoms with Gasteiger partial charge in [0.1, 0.15) is 6.17 Å². The lowest BCUT2D eigenvalue weighted by molar-refractivity contribution is 0.00507. The molecule has 3 atom stereocenters. The molecule has 3 nitrogen and oxygen atoms in total. The number of hydrogen-bond acceptors (Lipinski definition) is 3. The molecule has 0 unspecified atom stereocenters. The van der Waals surface area contributed by atoms with Crippen LogP contribution in [0.15, 0.2) is 0 Å². The highest BCUT2D eigenvalue weighted by Gasteiger charge is 2.50. The van der Waals surface area contributed by atoms with E-state index < -0.39 is 6.17 Å². The van der Waals surface area contributed by atoms with Gasteiger partial charge in [0.05, 0.1) is 6.04 Å². The van der Waals surface area contributed by atoms with Crippen molar-refractivity contribution in [2.24, 2.45) is 5.41 Å². The molecule has 2 aliphatic rings. The van der Waals surface area contributed by atoms with Crippen molar-refractivity contribution in [3.63, 3.8) is 0 Å². The minimum Gasteiger partial charge on any atom is -0.314 e. The molecule has 0 aliphatic carbocycles. The van der Waals surface area contributed by atoms with Crippen molar-refractivity contribution in [1.29, 1.82) is 0 Å². The normalized spacial score (nSPS) is 33.6. The summed E-state index contributed by atoms with van der Waals surface area (Å²) in [5.41, 5.74) is 0.132. The molecule has 0 aromatic carbocycles. The zero-order valence-corrected chi connectivity index (χ0v) is 14.7. The molecule has 0 amide bonds. The highest BCUT2D eigenvalue weighted by Crippen LogP contribution is 2.42. The topological polar surface area (TPSA) is 18.5 Å². The van der Waals surface area contributed by atoms with Gasteiger partial charge in [-0.1, -0.05) is 20.8 Å². The lowest BCUT2D eigenvalue weighted by Gasteiger charge is -2.47. The Balaban J connectivity index is 2.16. The zero-order valence-electron chi connectivity index (χ0n) is 14.7. The van der Waals surface area contributed by atoms with Crippen molar-refractivity contribution in [2.45, 2.75) is 71.8 Å². The smallest absolute Gasteiger partial charge is 0.118 e. The fraction of sp³-hybridized carbons (Fsp3) is 1.00. The molecule has 0 spiro atoms. The van der Waals surface area contributed by atoms with Gasteiger partial charge in [0.15, 0.2) is 0 Å². The molecule has 1 N–H and O–H groups in total. The number of piperazine rings is 1. The number of halogens is 1. The molecule has 0 saturated carbocycles. The molecule has 2 aliphatic heterocycles. The van der Waals surface area contributed by atoms with Gasteiger partial charge in [0, 0.05) is 44.3 Å². The highest BCUT2D eigenvalue weighted by atomic mass is 19.1. The third-order valence-electron chi connectivity index (χ3n) is 4.99. The second-order valence-electron chi connectivity index (χ2n) is 8.83. The number of nitrogens with zero attached hydrogens (tertiary/aromatic N) is 2. The predicted octanol–water partition coefficient (Wildman–Crippen LogP) is 2.52. The first kappa shape index (κ1) is 17.2. The fourth-order valence-electron chi connectivity index (χ4n) is 3.99. The summed E-state index contributed by atoms with van der Waals surface area (Å²) in [7, 11) is 0. The summed E-state index contributed by atoms with van der Waals surface area (Å²) in [5, 5.41) is 3.38. The first-order valence-corrected chi connectivity index (χ1v) is 8.46. The second kappa shape index (κ2) is 6.13. The average molecular weight is 299 g/mol. The Morgan fingerprint density at radius 1 is 1.05 bits per heavy atom. The van der Waals surface area contributed by atoms with Crippen molar-refractivity contribution in [2.75, 3.05) is 32.7 Å². The van der Waals surface area contributed by atoms with E-state index in [9.17, 15) is 4.39 Å². The van der Waals surface area contributed by atoms with E-state index in [1.54, 1.807) is 0 Å². The number of likely N-dealkylation sites (tertiary alicyclic amines) is 1. The molecular weight excluding hydrogens is 265 g/mol. The Morgan fingerprint density at radius 2 is 1.62 bits per heavy atom. The Labute approximate surface area is 130 Å². The molecule has 21 heavy (non-hydrogen) atoms. The van der Waals surface area contributed by atoms with Gasteiger partial charge < -0.3 is 5.32 Å². The van der Waals surface area contributed by atoms with Crippen LogP contribution < -0.4 is 5.32 Å². The summed E-state index contributed by atoms with van der Waals surface area (Å²) >= 11 is 0. The molecule has 0 aromatic heterocycles. The summed E-state index contributed by atoms with van der Waals surface area (Å²) in [5.74, 6) is 0. The van der Waals surface area contributed by atoms with Crippen LogP contribution in [-0.2, 0) is 0 Å². The first-order chi connectivity index (χ1) is 9.60. The molecule has 2 saturated heterocycles. The number of nitrogens with one attached hydrogen (secondary N) is 1. The summed E-state index contributed by atoms with van der Waals surface area (Å²) in [4.78, 5) is 4.90. The SMILES string of the molecule is CC(C)(C)[C@@H]1C[C@@H](F)[C@@H](CN2CCNCC2)N1C(C)(C)C. The van der Waals surface area contributed by atoms with Crippen LogP contribution in [0.25, 0.3) is 0 Å². The summed E-state index contributed by atoms with van der Waals surface area (Å²) in [6, 6.07) is 0.354. The van der Waals surface area contributed by atoms with E-state index in [1.807, 2.05) is 0 Å². The maximum Gasteiger partial charge on any atom is 0.118 e. The van der Waals surface area contributed by atoms with Crippen molar-refractivity contribution in [1.82, 2.24) is 15.1 Å². The van der Waals surface area contributed by atoms with Crippen LogP contribution in [0.3, 0.4) is 0 Å². The van der Waals surface area contributed by atoms with E-state index >= 15 is 0 Å². The van der Waals surface area contributed by atoms with E-state index in [1.165, 1.54) is 0 Å². The number of rotatable bonds is 2. The molecule has 2 rings (SSSR count). The second-order valence-corrected chi connectivity index (χ2v) is 8.83. The van der Waals surface area contributed by atoms with E-state index in [-0.39, 0.29) is 17.0 Å². The van der Waals surface area contributed by atoms with Gasteiger partial charge in [-0.3, -0.25) is 9.80 Å². The lowest BCUT2D eigenvalue weighted by Crippen LogP contribution is -2.58. The first-order valence-electron chi connectivity index (χ1n) is 8.46. The average Bonchev–Trinajstić information content (AvgIpc) is 2.68. The Kier molecular flexibility index (Phi) is 5.01. The van der Waals surface area contributed by atoms with Crippen LogP contribution in [-0.4, -0.2) is 66.3 Å². The standard InChI is InChI=1S/C17H34FN3/c1-16(2,3)15-11-13(18)14(21(15)17(4,5)6)12-20-9-7-19-8-10-20/h13-15,19H,7-12H2,1-6H3/t13-,14-,15+/m1/s1. The molecule has 0 radical (unpaired) electrons. The fourth-order valence-corrected chi connectivity index (χ4v) is 3.99. The van der Waals surface area contributed by atoms with Gasteiger partial charge in [-0.2, -0.15) is 0 Å². The van der Waals surface area contributed by atoms with E-state index in [0.717, 1.165) is 32.7 Å². The van der Waals surface area contributed by atoms with Crippen molar-refractivity contribution in [3.8, 4) is 0 Å². The third kappa shape index (κ3) is 3.96. The van der Waals surface area contributed by atoms with Gasteiger partial charge in [-0.25, -0.2) is 4.39 Å². The summed E-state index contributed by atoms with van der Waals surface area (Å²) < 4.78 is 14.8.